The fourth-order valence-corrected chi connectivity index (χ4v) is 2.86. The molecule has 154 valence electrons. The normalized spacial score (nSPS) is 14.4. The molecule has 1 aromatic rings. The highest BCUT2D eigenvalue weighted by molar-refractivity contribution is 6.31. The van der Waals surface area contributed by atoms with Crippen molar-refractivity contribution in [3.63, 3.8) is 0 Å². The Morgan fingerprint density at radius 3 is 2.57 bits per heavy atom. The maximum absolute atomic E-state index is 13.4. The van der Waals surface area contributed by atoms with Gasteiger partial charge in [0.05, 0.1) is 11.7 Å². The number of hydrogen-bond donors (Lipinski definition) is 2. The van der Waals surface area contributed by atoms with E-state index >= 15 is 0 Å². The Balaban J connectivity index is 3.21. The van der Waals surface area contributed by atoms with Gasteiger partial charge in [-0.3, -0.25) is 4.99 Å². The zero-order valence-electron chi connectivity index (χ0n) is 16.3. The van der Waals surface area contributed by atoms with E-state index in [4.69, 9.17) is 11.6 Å². The standard InChI is InChI=1S/C21H26ClF3N2O/c1-5-7-16(12-14(2)22)20(26-4)27-13-17-8-6-9-19(21(23,24)25)18(17)11-10-15(3)28/h5-9,12,15,28H,2,10-11,13H2,1,3-4H3,(H,26,27)/b7-5?,16-12+. The van der Waals surface area contributed by atoms with Crippen molar-refractivity contribution in [1.29, 1.82) is 0 Å². The summed E-state index contributed by atoms with van der Waals surface area (Å²) in [5.41, 5.74) is 0.668. The van der Waals surface area contributed by atoms with Crippen LogP contribution in [0.3, 0.4) is 0 Å². The van der Waals surface area contributed by atoms with E-state index in [-0.39, 0.29) is 24.9 Å². The fraction of sp³-hybridized carbons (Fsp3) is 0.381. The minimum absolute atomic E-state index is 0.124. The third-order valence-electron chi connectivity index (χ3n) is 3.99. The van der Waals surface area contributed by atoms with Crippen LogP contribution in [-0.2, 0) is 19.1 Å². The van der Waals surface area contributed by atoms with Crippen LogP contribution < -0.4 is 5.32 Å². The zero-order chi connectivity index (χ0) is 21.3. The van der Waals surface area contributed by atoms with E-state index in [2.05, 4.69) is 16.9 Å². The third kappa shape index (κ3) is 7.52. The minimum Gasteiger partial charge on any atom is -0.393 e. The molecule has 0 aliphatic carbocycles. The van der Waals surface area contributed by atoms with Gasteiger partial charge in [0.1, 0.15) is 5.84 Å². The van der Waals surface area contributed by atoms with Crippen LogP contribution in [0, 0.1) is 0 Å². The lowest BCUT2D eigenvalue weighted by Crippen LogP contribution is -2.26. The van der Waals surface area contributed by atoms with Crippen molar-refractivity contribution >= 4 is 17.4 Å². The van der Waals surface area contributed by atoms with Crippen molar-refractivity contribution in [2.45, 2.75) is 45.5 Å². The number of rotatable bonds is 8. The van der Waals surface area contributed by atoms with E-state index in [0.29, 0.717) is 22.0 Å². The average molecular weight is 415 g/mol. The van der Waals surface area contributed by atoms with Gasteiger partial charge in [-0.15, -0.1) is 0 Å². The Morgan fingerprint density at radius 1 is 1.39 bits per heavy atom. The molecule has 0 bridgehead atoms. The number of amidine groups is 1. The molecule has 1 rings (SSSR count). The summed E-state index contributed by atoms with van der Waals surface area (Å²) < 4.78 is 40.3. The van der Waals surface area contributed by atoms with E-state index < -0.39 is 17.8 Å². The SMILES string of the molecule is C=C(Cl)/C=C(\C=CC)C(=NC)NCc1cccc(C(F)(F)F)c1CCC(C)O. The number of allylic oxidation sites excluding steroid dienone is 3. The van der Waals surface area contributed by atoms with Crippen molar-refractivity contribution < 1.29 is 18.3 Å². The summed E-state index contributed by atoms with van der Waals surface area (Å²) in [4.78, 5) is 4.17. The molecular weight excluding hydrogens is 389 g/mol. The van der Waals surface area contributed by atoms with E-state index in [1.165, 1.54) is 6.07 Å². The molecule has 0 spiro atoms. The van der Waals surface area contributed by atoms with E-state index in [0.717, 1.165) is 6.07 Å². The van der Waals surface area contributed by atoms with Crippen LogP contribution in [0.2, 0.25) is 0 Å². The molecule has 28 heavy (non-hydrogen) atoms. The van der Waals surface area contributed by atoms with E-state index in [9.17, 15) is 18.3 Å². The second kappa shape index (κ2) is 11.1. The number of hydrogen-bond acceptors (Lipinski definition) is 2. The van der Waals surface area contributed by atoms with Gasteiger partial charge < -0.3 is 10.4 Å². The maximum atomic E-state index is 13.4. The third-order valence-corrected chi connectivity index (χ3v) is 4.10. The lowest BCUT2D eigenvalue weighted by atomic mass is 9.95. The maximum Gasteiger partial charge on any atom is 0.416 e. The van der Waals surface area contributed by atoms with Crippen LogP contribution in [0.25, 0.3) is 0 Å². The highest BCUT2D eigenvalue weighted by Gasteiger charge is 2.33. The Labute approximate surface area is 169 Å². The minimum atomic E-state index is -4.46. The number of aliphatic hydroxyl groups is 1. The molecule has 0 amide bonds. The van der Waals surface area contributed by atoms with Gasteiger partial charge in [0, 0.05) is 24.2 Å². The monoisotopic (exact) mass is 414 g/mol. The molecule has 0 aliphatic rings. The topological polar surface area (TPSA) is 44.6 Å². The van der Waals surface area contributed by atoms with Crippen LogP contribution in [0.15, 0.2) is 58.6 Å². The predicted octanol–water partition coefficient (Wildman–Crippen LogP) is 5.39. The van der Waals surface area contributed by atoms with Crippen molar-refractivity contribution in [3.05, 3.63) is 70.3 Å². The number of alkyl halides is 3. The molecule has 0 aromatic heterocycles. The largest absolute Gasteiger partial charge is 0.416 e. The van der Waals surface area contributed by atoms with Crippen LogP contribution >= 0.6 is 11.6 Å². The first-order chi connectivity index (χ1) is 13.1. The number of aliphatic imine (C=N–C) groups is 1. The number of halogens is 4. The molecule has 0 saturated carbocycles. The van der Waals surface area contributed by atoms with Gasteiger partial charge in [-0.05, 0) is 50.0 Å². The molecule has 2 N–H and O–H groups in total. The van der Waals surface area contributed by atoms with Gasteiger partial charge in [-0.1, -0.05) is 42.5 Å². The molecule has 0 aliphatic heterocycles. The molecule has 1 atom stereocenters. The van der Waals surface area contributed by atoms with Gasteiger partial charge in [0.15, 0.2) is 0 Å². The summed E-state index contributed by atoms with van der Waals surface area (Å²) in [6.07, 6.45) is 0.424. The van der Waals surface area contributed by atoms with Crippen molar-refractivity contribution in [2.24, 2.45) is 4.99 Å². The van der Waals surface area contributed by atoms with Crippen molar-refractivity contribution in [3.8, 4) is 0 Å². The summed E-state index contributed by atoms with van der Waals surface area (Å²) in [6.45, 7) is 7.17. The van der Waals surface area contributed by atoms with Gasteiger partial charge >= 0.3 is 6.18 Å². The second-order valence-electron chi connectivity index (χ2n) is 6.30. The van der Waals surface area contributed by atoms with Gasteiger partial charge in [-0.2, -0.15) is 13.2 Å². The summed E-state index contributed by atoms with van der Waals surface area (Å²) in [5, 5.41) is 12.9. The Bertz CT molecular complexity index is 765. The zero-order valence-corrected chi connectivity index (χ0v) is 17.0. The second-order valence-corrected chi connectivity index (χ2v) is 6.79. The van der Waals surface area contributed by atoms with Crippen LogP contribution in [0.4, 0.5) is 13.2 Å². The molecule has 3 nitrogen and oxygen atoms in total. The van der Waals surface area contributed by atoms with Gasteiger partial charge in [0.25, 0.3) is 0 Å². The average Bonchev–Trinajstić information content (AvgIpc) is 2.59. The molecule has 0 saturated heterocycles. The Kier molecular flexibility index (Phi) is 9.49. The highest BCUT2D eigenvalue weighted by Crippen LogP contribution is 2.34. The van der Waals surface area contributed by atoms with Crippen molar-refractivity contribution in [2.75, 3.05) is 7.05 Å². The number of benzene rings is 1. The highest BCUT2D eigenvalue weighted by atomic mass is 35.5. The fourth-order valence-electron chi connectivity index (χ4n) is 2.75. The van der Waals surface area contributed by atoms with Gasteiger partial charge in [0.2, 0.25) is 0 Å². The summed E-state index contributed by atoms with van der Waals surface area (Å²) in [5.74, 6) is 0.485. The molecule has 1 unspecified atom stereocenters. The molecule has 0 radical (unpaired) electrons. The smallest absolute Gasteiger partial charge is 0.393 e. The number of nitrogens with zero attached hydrogens (tertiary/aromatic N) is 1. The number of nitrogens with one attached hydrogen (secondary N) is 1. The van der Waals surface area contributed by atoms with E-state index in [1.807, 2.05) is 6.92 Å². The lowest BCUT2D eigenvalue weighted by Gasteiger charge is -2.19. The summed E-state index contributed by atoms with van der Waals surface area (Å²) in [7, 11) is 1.58. The van der Waals surface area contributed by atoms with Gasteiger partial charge in [-0.25, -0.2) is 0 Å². The molecule has 1 aromatic carbocycles. The van der Waals surface area contributed by atoms with Crippen LogP contribution in [0.1, 0.15) is 37.0 Å². The first-order valence-corrected chi connectivity index (χ1v) is 9.23. The van der Waals surface area contributed by atoms with Crippen LogP contribution in [-0.4, -0.2) is 24.1 Å². The Hall–Kier alpha value is -2.05. The molecule has 7 heteroatoms. The summed E-state index contributed by atoms with van der Waals surface area (Å²) >= 11 is 5.86. The lowest BCUT2D eigenvalue weighted by molar-refractivity contribution is -0.138. The van der Waals surface area contributed by atoms with Crippen LogP contribution in [0.5, 0.6) is 0 Å². The van der Waals surface area contributed by atoms with E-state index in [1.54, 1.807) is 38.3 Å². The quantitative estimate of drug-likeness (QED) is 0.340. The Morgan fingerprint density at radius 2 is 2.07 bits per heavy atom. The molecule has 0 fully saturated rings. The molecule has 0 heterocycles. The first-order valence-electron chi connectivity index (χ1n) is 8.86. The molecular formula is C21H26ClF3N2O. The first kappa shape index (κ1) is 24.0. The number of aliphatic hydroxyl groups excluding tert-OH is 1. The summed E-state index contributed by atoms with van der Waals surface area (Å²) in [6, 6.07) is 4.10. The predicted molar refractivity (Wildman–Crippen MR) is 110 cm³/mol. The van der Waals surface area contributed by atoms with Crippen molar-refractivity contribution in [1.82, 2.24) is 5.32 Å².